The minimum absolute atomic E-state index is 0. The van der Waals surface area contributed by atoms with Gasteiger partial charge in [-0.1, -0.05) is 79.6 Å². The average Bonchev–Trinajstić information content (AvgIpc) is 2.83. The van der Waals surface area contributed by atoms with E-state index >= 15 is 0 Å². The molecular weight excluding hydrogens is 487 g/mol. The number of aliphatic imine (C=N–C) groups is 1. The number of carbonyl (C=O) groups is 4. The van der Waals surface area contributed by atoms with Gasteiger partial charge in [-0.05, 0) is 31.6 Å². The molecule has 2 amide bonds. The minimum atomic E-state index is -1.15. The number of nitrogens with one attached hydrogen (secondary N) is 1. The Morgan fingerprint density at radius 1 is 0.865 bits per heavy atom. The van der Waals surface area contributed by atoms with Crippen LogP contribution in [-0.4, -0.2) is 43.0 Å². The molecule has 0 saturated heterocycles. The molecule has 0 bridgehead atoms. The summed E-state index contributed by atoms with van der Waals surface area (Å²) in [5.74, 6) is -1.59. The number of unbranched alkanes of at least 4 members (excludes halogenated alkanes) is 6. The van der Waals surface area contributed by atoms with Gasteiger partial charge in [-0.15, -0.1) is 0 Å². The third-order valence-electron chi connectivity index (χ3n) is 6.41. The largest absolute Gasteiger partial charge is 1.00 e. The molecule has 1 aliphatic heterocycles. The molecule has 1 rings (SSSR count). The topological polar surface area (TPSA) is 134 Å². The minimum Gasteiger partial charge on any atom is -0.846 e. The first-order valence-electron chi connectivity index (χ1n) is 13.6. The van der Waals surface area contributed by atoms with Crippen LogP contribution in [0.3, 0.4) is 0 Å². The molecule has 37 heavy (non-hydrogen) atoms. The molecule has 0 aromatic carbocycles. The first-order chi connectivity index (χ1) is 17.2. The zero-order valence-corrected chi connectivity index (χ0v) is 26.0. The van der Waals surface area contributed by atoms with E-state index in [0.29, 0.717) is 19.3 Å². The molecule has 1 heterocycles. The number of esters is 2. The molecule has 9 nitrogen and oxygen atoms in total. The van der Waals surface area contributed by atoms with Gasteiger partial charge in [0.15, 0.2) is 0 Å². The van der Waals surface area contributed by atoms with Gasteiger partial charge >= 0.3 is 41.5 Å². The summed E-state index contributed by atoms with van der Waals surface area (Å²) in [5.41, 5.74) is -1.15. The SMILES string of the molecule is CCCC(C)C1(CC)C(=O)N=C([O-])NC1=O.CCCCCCC(=O)OCCOC(=O)CCCCCC.[Na+]. The van der Waals surface area contributed by atoms with Crippen molar-refractivity contribution in [3.63, 3.8) is 0 Å². The van der Waals surface area contributed by atoms with Gasteiger partial charge in [0, 0.05) is 12.8 Å². The van der Waals surface area contributed by atoms with Gasteiger partial charge in [-0.3, -0.25) is 19.2 Å². The standard InChI is InChI=1S/C16H30O4.C11H18N2O3.Na/c1-3-5-7-9-11-15(17)19-13-14-20-16(18)12-10-8-6-4-2;1-4-6-7(3)11(5-2)8(14)12-10(16)13-9(11)15;/h3-14H2,1-2H3;7H,4-6H2,1-3H3,(H2,12,13,14,15,16);/q;;+1/p-1. The van der Waals surface area contributed by atoms with Crippen LogP contribution < -0.4 is 40.0 Å². The van der Waals surface area contributed by atoms with Crippen molar-refractivity contribution in [2.24, 2.45) is 16.3 Å². The Hall–Kier alpha value is -1.45. The fourth-order valence-corrected chi connectivity index (χ4v) is 4.15. The van der Waals surface area contributed by atoms with E-state index in [1.807, 2.05) is 13.8 Å². The summed E-state index contributed by atoms with van der Waals surface area (Å²) in [6, 6.07) is -0.845. The zero-order valence-electron chi connectivity index (χ0n) is 24.0. The fourth-order valence-electron chi connectivity index (χ4n) is 4.15. The van der Waals surface area contributed by atoms with E-state index in [1.54, 1.807) is 6.92 Å². The Morgan fingerprint density at radius 3 is 1.73 bits per heavy atom. The molecular formula is C27H47N2NaO7. The summed E-state index contributed by atoms with van der Waals surface area (Å²) >= 11 is 0. The molecule has 2 unspecified atom stereocenters. The van der Waals surface area contributed by atoms with Crippen LogP contribution in [0.5, 0.6) is 0 Å². The smallest absolute Gasteiger partial charge is 0.846 e. The van der Waals surface area contributed by atoms with Crippen molar-refractivity contribution in [3.8, 4) is 0 Å². The molecule has 1 aliphatic rings. The van der Waals surface area contributed by atoms with Crippen molar-refractivity contribution in [1.29, 1.82) is 0 Å². The number of ether oxygens (including phenoxy) is 2. The first kappa shape index (κ1) is 37.7. The second-order valence-electron chi connectivity index (χ2n) is 9.25. The molecule has 0 saturated carbocycles. The quantitative estimate of drug-likeness (QED) is 0.128. The van der Waals surface area contributed by atoms with Crippen molar-refractivity contribution >= 4 is 29.8 Å². The maximum atomic E-state index is 11.9. The van der Waals surface area contributed by atoms with Crippen LogP contribution >= 0.6 is 0 Å². The van der Waals surface area contributed by atoms with Crippen LogP contribution in [0.25, 0.3) is 0 Å². The second kappa shape index (κ2) is 22.5. The molecule has 0 aromatic rings. The van der Waals surface area contributed by atoms with Crippen LogP contribution in [0.15, 0.2) is 4.99 Å². The van der Waals surface area contributed by atoms with Gasteiger partial charge in [-0.2, -0.15) is 0 Å². The average molecular weight is 535 g/mol. The van der Waals surface area contributed by atoms with E-state index in [1.165, 1.54) is 0 Å². The van der Waals surface area contributed by atoms with Crippen molar-refractivity contribution in [3.05, 3.63) is 0 Å². The van der Waals surface area contributed by atoms with Crippen LogP contribution in [-0.2, 0) is 28.7 Å². The molecule has 0 aromatic heterocycles. The number of carbonyl (C=O) groups excluding carboxylic acids is 4. The van der Waals surface area contributed by atoms with Gasteiger partial charge in [-0.25, -0.2) is 4.99 Å². The number of amides is 2. The summed E-state index contributed by atoms with van der Waals surface area (Å²) in [4.78, 5) is 49.7. The molecule has 2 atom stereocenters. The van der Waals surface area contributed by atoms with E-state index in [-0.39, 0.29) is 60.6 Å². The number of rotatable bonds is 17. The summed E-state index contributed by atoms with van der Waals surface area (Å²) < 4.78 is 10.00. The maximum absolute atomic E-state index is 11.9. The second-order valence-corrected chi connectivity index (χ2v) is 9.25. The van der Waals surface area contributed by atoms with Gasteiger partial charge in [0.1, 0.15) is 18.6 Å². The van der Waals surface area contributed by atoms with Crippen LogP contribution in [0.1, 0.15) is 118 Å². The van der Waals surface area contributed by atoms with E-state index < -0.39 is 23.3 Å². The molecule has 10 heteroatoms. The van der Waals surface area contributed by atoms with E-state index in [2.05, 4.69) is 24.2 Å². The number of amidine groups is 1. The molecule has 208 valence electrons. The van der Waals surface area contributed by atoms with Crippen molar-refractivity contribution in [2.45, 2.75) is 118 Å². The van der Waals surface area contributed by atoms with Crippen molar-refractivity contribution in [2.75, 3.05) is 13.2 Å². The summed E-state index contributed by atoms with van der Waals surface area (Å²) in [5, 5.41) is 13.1. The van der Waals surface area contributed by atoms with Gasteiger partial charge in [0.05, 0.1) is 6.02 Å². The van der Waals surface area contributed by atoms with Gasteiger partial charge in [0.2, 0.25) is 5.91 Å². The molecule has 1 N–H and O–H groups in total. The molecule has 0 radical (unpaired) electrons. The Morgan fingerprint density at radius 2 is 1.35 bits per heavy atom. The van der Waals surface area contributed by atoms with Crippen LogP contribution in [0.2, 0.25) is 0 Å². The van der Waals surface area contributed by atoms with Crippen molar-refractivity contribution in [1.82, 2.24) is 5.32 Å². The van der Waals surface area contributed by atoms with Gasteiger partial charge in [0.25, 0.3) is 5.91 Å². The Balaban J connectivity index is 0. The molecule has 0 aliphatic carbocycles. The number of nitrogens with zero attached hydrogens (tertiary/aromatic N) is 1. The van der Waals surface area contributed by atoms with Crippen LogP contribution in [0.4, 0.5) is 0 Å². The summed E-state index contributed by atoms with van der Waals surface area (Å²) in [6.45, 7) is 10.2. The Bertz CT molecular complexity index is 689. The third-order valence-corrected chi connectivity index (χ3v) is 6.41. The van der Waals surface area contributed by atoms with E-state index in [4.69, 9.17) is 9.47 Å². The van der Waals surface area contributed by atoms with Crippen molar-refractivity contribution < 1.29 is 63.3 Å². The number of hydrogen-bond donors (Lipinski definition) is 1. The fraction of sp³-hybridized carbons (Fsp3) is 0.815. The van der Waals surface area contributed by atoms with Gasteiger partial charge < -0.3 is 19.9 Å². The summed E-state index contributed by atoms with van der Waals surface area (Å²) in [7, 11) is 0. The van der Waals surface area contributed by atoms with E-state index in [9.17, 15) is 24.3 Å². The van der Waals surface area contributed by atoms with Crippen LogP contribution in [0, 0.1) is 11.3 Å². The van der Waals surface area contributed by atoms with E-state index in [0.717, 1.165) is 64.2 Å². The monoisotopic (exact) mass is 534 g/mol. The number of hydrogen-bond acceptors (Lipinski definition) is 7. The zero-order chi connectivity index (χ0) is 27.4. The predicted molar refractivity (Wildman–Crippen MR) is 137 cm³/mol. The predicted octanol–water partition coefficient (Wildman–Crippen LogP) is 1.21. The maximum Gasteiger partial charge on any atom is 1.00 e. The molecule has 0 spiro atoms. The normalized spacial score (nSPS) is 17.4. The molecule has 0 fully saturated rings. The Kier molecular flexibility index (Phi) is 23.0. The Labute approximate surface area is 245 Å². The third kappa shape index (κ3) is 14.9. The summed E-state index contributed by atoms with van der Waals surface area (Å²) in [6.07, 6.45) is 11.5. The first-order valence-corrected chi connectivity index (χ1v) is 13.6.